The summed E-state index contributed by atoms with van der Waals surface area (Å²) in [6.45, 7) is 4.91. The highest BCUT2D eigenvalue weighted by molar-refractivity contribution is 5.95. The number of Topliss-reactive ketones (excluding diaryl/α,β-unsaturated/α-hetero) is 1. The van der Waals surface area contributed by atoms with Crippen molar-refractivity contribution in [2.75, 3.05) is 6.54 Å². The number of pyridine rings is 1. The first-order valence-corrected chi connectivity index (χ1v) is 5.46. The number of hydrogen-bond acceptors (Lipinski definition) is 3. The molecule has 0 saturated heterocycles. The van der Waals surface area contributed by atoms with Gasteiger partial charge in [0, 0.05) is 24.2 Å². The highest BCUT2D eigenvalue weighted by Gasteiger charge is 2.06. The summed E-state index contributed by atoms with van der Waals surface area (Å²) < 4.78 is 12.8. The van der Waals surface area contributed by atoms with Gasteiger partial charge in [0.15, 0.2) is 5.78 Å². The molecule has 1 aromatic heterocycles. The van der Waals surface area contributed by atoms with Crippen LogP contribution in [0.25, 0.3) is 0 Å². The number of nitrogens with zero attached hydrogens (tertiary/aromatic N) is 1. The van der Waals surface area contributed by atoms with Crippen LogP contribution in [0.1, 0.15) is 37.0 Å². The van der Waals surface area contributed by atoms with E-state index in [1.165, 1.54) is 12.3 Å². The normalized spacial score (nSPS) is 10.8. The maximum atomic E-state index is 12.8. The number of carbonyl (C=O) groups excluding carboxylic acids is 1. The van der Waals surface area contributed by atoms with Crippen molar-refractivity contribution in [2.45, 2.75) is 32.7 Å². The van der Waals surface area contributed by atoms with Crippen LogP contribution in [-0.2, 0) is 0 Å². The Balaban J connectivity index is 2.35. The van der Waals surface area contributed by atoms with E-state index in [1.54, 1.807) is 0 Å². The molecule has 0 unspecified atom stereocenters. The molecule has 88 valence electrons. The molecule has 0 radical (unpaired) electrons. The SMILES string of the molecule is CC(C)NCCCC(=O)c1cncc(F)c1. The Morgan fingerprint density at radius 2 is 2.25 bits per heavy atom. The molecule has 1 heterocycles. The monoisotopic (exact) mass is 224 g/mol. The van der Waals surface area contributed by atoms with Crippen molar-refractivity contribution in [3.8, 4) is 0 Å². The van der Waals surface area contributed by atoms with Gasteiger partial charge < -0.3 is 5.32 Å². The predicted molar refractivity (Wildman–Crippen MR) is 60.9 cm³/mol. The van der Waals surface area contributed by atoms with Crippen molar-refractivity contribution in [3.05, 3.63) is 29.8 Å². The number of nitrogens with one attached hydrogen (secondary N) is 1. The molecule has 0 bridgehead atoms. The summed E-state index contributed by atoms with van der Waals surface area (Å²) in [5, 5.41) is 3.22. The molecule has 0 aliphatic heterocycles. The fourth-order valence-corrected chi connectivity index (χ4v) is 1.35. The Morgan fingerprint density at radius 1 is 1.50 bits per heavy atom. The van der Waals surface area contributed by atoms with Crippen LogP contribution in [-0.4, -0.2) is 23.4 Å². The van der Waals surface area contributed by atoms with Gasteiger partial charge in [0.05, 0.1) is 6.20 Å². The molecule has 0 saturated carbocycles. The lowest BCUT2D eigenvalue weighted by Gasteiger charge is -2.06. The van der Waals surface area contributed by atoms with Crippen LogP contribution in [0.3, 0.4) is 0 Å². The van der Waals surface area contributed by atoms with Gasteiger partial charge in [-0.15, -0.1) is 0 Å². The van der Waals surface area contributed by atoms with Crippen molar-refractivity contribution in [2.24, 2.45) is 0 Å². The van der Waals surface area contributed by atoms with Gasteiger partial charge >= 0.3 is 0 Å². The molecule has 16 heavy (non-hydrogen) atoms. The van der Waals surface area contributed by atoms with E-state index in [0.29, 0.717) is 18.0 Å². The van der Waals surface area contributed by atoms with Crippen LogP contribution in [0.15, 0.2) is 18.5 Å². The van der Waals surface area contributed by atoms with E-state index in [1.807, 2.05) is 0 Å². The fraction of sp³-hybridized carbons (Fsp3) is 0.500. The average molecular weight is 224 g/mol. The van der Waals surface area contributed by atoms with Crippen LogP contribution in [0.5, 0.6) is 0 Å². The summed E-state index contributed by atoms with van der Waals surface area (Å²) in [6.07, 6.45) is 3.68. The zero-order chi connectivity index (χ0) is 12.0. The maximum Gasteiger partial charge on any atom is 0.164 e. The molecular weight excluding hydrogens is 207 g/mol. The lowest BCUT2D eigenvalue weighted by atomic mass is 10.1. The smallest absolute Gasteiger partial charge is 0.164 e. The Labute approximate surface area is 95.1 Å². The van der Waals surface area contributed by atoms with E-state index in [2.05, 4.69) is 24.1 Å². The minimum atomic E-state index is -0.467. The van der Waals surface area contributed by atoms with Crippen LogP contribution in [0.2, 0.25) is 0 Å². The van der Waals surface area contributed by atoms with Gasteiger partial charge in [-0.2, -0.15) is 0 Å². The molecule has 0 aliphatic carbocycles. The van der Waals surface area contributed by atoms with Gasteiger partial charge in [-0.25, -0.2) is 4.39 Å². The molecule has 3 nitrogen and oxygen atoms in total. The second-order valence-corrected chi connectivity index (χ2v) is 4.03. The second kappa shape index (κ2) is 6.33. The number of aromatic nitrogens is 1. The van der Waals surface area contributed by atoms with Crippen molar-refractivity contribution in [1.82, 2.24) is 10.3 Å². The zero-order valence-corrected chi connectivity index (χ0v) is 9.66. The molecule has 0 spiro atoms. The van der Waals surface area contributed by atoms with Crippen molar-refractivity contribution in [1.29, 1.82) is 0 Å². The lowest BCUT2D eigenvalue weighted by Crippen LogP contribution is -2.24. The maximum absolute atomic E-state index is 12.8. The number of hydrogen-bond donors (Lipinski definition) is 1. The summed E-state index contributed by atoms with van der Waals surface area (Å²) >= 11 is 0. The Morgan fingerprint density at radius 3 is 2.88 bits per heavy atom. The first kappa shape index (κ1) is 12.8. The summed E-state index contributed by atoms with van der Waals surface area (Å²) in [5.74, 6) is -0.524. The molecule has 1 aromatic rings. The van der Waals surface area contributed by atoms with Crippen molar-refractivity contribution >= 4 is 5.78 Å². The van der Waals surface area contributed by atoms with Gasteiger partial charge in [0.1, 0.15) is 5.82 Å². The third-order valence-corrected chi connectivity index (χ3v) is 2.16. The second-order valence-electron chi connectivity index (χ2n) is 4.03. The third-order valence-electron chi connectivity index (χ3n) is 2.16. The van der Waals surface area contributed by atoms with Gasteiger partial charge in [-0.05, 0) is 19.0 Å². The van der Waals surface area contributed by atoms with Crippen molar-refractivity contribution in [3.63, 3.8) is 0 Å². The van der Waals surface area contributed by atoms with E-state index >= 15 is 0 Å². The van der Waals surface area contributed by atoms with Gasteiger partial charge in [-0.1, -0.05) is 13.8 Å². The lowest BCUT2D eigenvalue weighted by molar-refractivity contribution is 0.0979. The third kappa shape index (κ3) is 4.49. The molecule has 0 aromatic carbocycles. The minimum absolute atomic E-state index is 0.0578. The van der Waals surface area contributed by atoms with Crippen LogP contribution < -0.4 is 5.32 Å². The topological polar surface area (TPSA) is 42.0 Å². The molecule has 0 atom stereocenters. The molecule has 0 fully saturated rings. The first-order valence-electron chi connectivity index (χ1n) is 5.46. The van der Waals surface area contributed by atoms with E-state index in [-0.39, 0.29) is 5.78 Å². The van der Waals surface area contributed by atoms with E-state index in [0.717, 1.165) is 19.2 Å². The first-order chi connectivity index (χ1) is 7.59. The van der Waals surface area contributed by atoms with Crippen LogP contribution >= 0.6 is 0 Å². The number of ketones is 1. The molecular formula is C12H17FN2O. The van der Waals surface area contributed by atoms with E-state index in [4.69, 9.17) is 0 Å². The van der Waals surface area contributed by atoms with Crippen LogP contribution in [0.4, 0.5) is 4.39 Å². The zero-order valence-electron chi connectivity index (χ0n) is 9.66. The number of carbonyl (C=O) groups is 1. The summed E-state index contributed by atoms with van der Waals surface area (Å²) in [4.78, 5) is 15.3. The summed E-state index contributed by atoms with van der Waals surface area (Å²) in [6, 6.07) is 1.65. The molecule has 0 aliphatic rings. The summed E-state index contributed by atoms with van der Waals surface area (Å²) in [7, 11) is 0. The summed E-state index contributed by atoms with van der Waals surface area (Å²) in [5.41, 5.74) is 0.351. The van der Waals surface area contributed by atoms with Gasteiger partial charge in [-0.3, -0.25) is 9.78 Å². The Hall–Kier alpha value is -1.29. The largest absolute Gasteiger partial charge is 0.315 e. The van der Waals surface area contributed by atoms with Gasteiger partial charge in [0.25, 0.3) is 0 Å². The van der Waals surface area contributed by atoms with E-state index in [9.17, 15) is 9.18 Å². The predicted octanol–water partition coefficient (Wildman–Crippen LogP) is 2.18. The Kier molecular flexibility index (Phi) is 5.05. The molecule has 1 rings (SSSR count). The highest BCUT2D eigenvalue weighted by atomic mass is 19.1. The van der Waals surface area contributed by atoms with Crippen molar-refractivity contribution < 1.29 is 9.18 Å². The molecule has 1 N–H and O–H groups in total. The average Bonchev–Trinajstić information content (AvgIpc) is 2.24. The highest BCUT2D eigenvalue weighted by Crippen LogP contribution is 2.05. The number of rotatable bonds is 6. The van der Waals surface area contributed by atoms with Gasteiger partial charge in [0.2, 0.25) is 0 Å². The minimum Gasteiger partial charge on any atom is -0.315 e. The van der Waals surface area contributed by atoms with E-state index < -0.39 is 5.82 Å². The molecule has 4 heteroatoms. The number of halogens is 1. The Bertz CT molecular complexity index is 353. The molecule has 0 amide bonds. The van der Waals surface area contributed by atoms with Crippen LogP contribution in [0, 0.1) is 5.82 Å². The fourth-order valence-electron chi connectivity index (χ4n) is 1.35. The standard InChI is InChI=1S/C12H17FN2O/c1-9(2)15-5-3-4-12(16)10-6-11(13)8-14-7-10/h6-9,15H,3-5H2,1-2H3. The quantitative estimate of drug-likeness (QED) is 0.595.